The summed E-state index contributed by atoms with van der Waals surface area (Å²) in [5.41, 5.74) is 1.07. The predicted molar refractivity (Wildman–Crippen MR) is 62.9 cm³/mol. The summed E-state index contributed by atoms with van der Waals surface area (Å²) >= 11 is 5.96. The Morgan fingerprint density at radius 2 is 2.19 bits per heavy atom. The summed E-state index contributed by atoms with van der Waals surface area (Å²) in [7, 11) is 0. The molecule has 3 nitrogen and oxygen atoms in total. The highest BCUT2D eigenvalue weighted by Crippen LogP contribution is 2.25. The van der Waals surface area contributed by atoms with Gasteiger partial charge in [-0.1, -0.05) is 17.7 Å². The fourth-order valence-corrected chi connectivity index (χ4v) is 1.49. The number of ether oxygens (including phenoxy) is 2. The molecule has 16 heavy (non-hydrogen) atoms. The number of carbonyl (C=O) groups is 1. The molecule has 0 unspecified atom stereocenters. The molecule has 4 heteroatoms. The number of aryl methyl sites for hydroxylation is 1. The molecule has 0 spiro atoms. The van der Waals surface area contributed by atoms with E-state index in [0.29, 0.717) is 17.4 Å². The van der Waals surface area contributed by atoms with E-state index < -0.39 is 0 Å². The van der Waals surface area contributed by atoms with E-state index in [9.17, 15) is 4.79 Å². The highest BCUT2D eigenvalue weighted by atomic mass is 35.5. The molecule has 1 rings (SSSR count). The van der Waals surface area contributed by atoms with Crippen LogP contribution in [0.25, 0.3) is 0 Å². The van der Waals surface area contributed by atoms with Gasteiger partial charge in [-0.05, 0) is 31.5 Å². The maximum atomic E-state index is 11.0. The lowest BCUT2D eigenvalue weighted by Crippen LogP contribution is -2.09. The molecule has 0 atom stereocenters. The highest BCUT2D eigenvalue weighted by Gasteiger charge is 2.04. The summed E-state index contributed by atoms with van der Waals surface area (Å²) < 4.78 is 10.2. The topological polar surface area (TPSA) is 35.5 Å². The van der Waals surface area contributed by atoms with Gasteiger partial charge >= 0.3 is 5.97 Å². The van der Waals surface area contributed by atoms with Crippen LogP contribution in [-0.2, 0) is 9.53 Å². The van der Waals surface area contributed by atoms with Gasteiger partial charge in [0.15, 0.2) is 0 Å². The van der Waals surface area contributed by atoms with Gasteiger partial charge in [-0.2, -0.15) is 0 Å². The third-order valence-electron chi connectivity index (χ3n) is 1.96. The highest BCUT2D eigenvalue weighted by molar-refractivity contribution is 6.32. The molecule has 0 bridgehead atoms. The average molecular weight is 243 g/mol. The Bertz CT molecular complexity index is 363. The summed E-state index contributed by atoms with van der Waals surface area (Å²) in [5.74, 6) is 0.335. The molecular weight excluding hydrogens is 228 g/mol. The van der Waals surface area contributed by atoms with Crippen LogP contribution in [-0.4, -0.2) is 19.2 Å². The SMILES string of the molecule is CCOC(=O)CCOc1ccc(C)cc1Cl. The summed E-state index contributed by atoms with van der Waals surface area (Å²) in [6.07, 6.45) is 0.234. The molecule has 0 fully saturated rings. The van der Waals surface area contributed by atoms with Crippen molar-refractivity contribution in [2.24, 2.45) is 0 Å². The fourth-order valence-electron chi connectivity index (χ4n) is 1.20. The van der Waals surface area contributed by atoms with E-state index in [0.717, 1.165) is 5.56 Å². The third-order valence-corrected chi connectivity index (χ3v) is 2.25. The van der Waals surface area contributed by atoms with Gasteiger partial charge in [0.1, 0.15) is 5.75 Å². The Labute approximate surface area is 100 Å². The van der Waals surface area contributed by atoms with Gasteiger partial charge in [0, 0.05) is 0 Å². The van der Waals surface area contributed by atoms with Crippen molar-refractivity contribution in [1.82, 2.24) is 0 Å². The van der Waals surface area contributed by atoms with Crippen LogP contribution in [0.3, 0.4) is 0 Å². The zero-order valence-corrected chi connectivity index (χ0v) is 10.2. The van der Waals surface area contributed by atoms with Crippen LogP contribution in [0.5, 0.6) is 5.75 Å². The largest absolute Gasteiger partial charge is 0.491 e. The first kappa shape index (κ1) is 12.8. The van der Waals surface area contributed by atoms with Crippen LogP contribution in [0.2, 0.25) is 5.02 Å². The molecule has 0 aromatic heterocycles. The summed E-state index contributed by atoms with van der Waals surface area (Å²) in [5, 5.41) is 0.559. The predicted octanol–water partition coefficient (Wildman–Crippen LogP) is 2.98. The number of hydrogen-bond acceptors (Lipinski definition) is 3. The number of carbonyl (C=O) groups excluding carboxylic acids is 1. The van der Waals surface area contributed by atoms with Crippen molar-refractivity contribution in [3.8, 4) is 5.75 Å². The first-order valence-corrected chi connectivity index (χ1v) is 5.56. The Balaban J connectivity index is 2.40. The van der Waals surface area contributed by atoms with E-state index in [1.165, 1.54) is 0 Å². The second kappa shape index (κ2) is 6.38. The van der Waals surface area contributed by atoms with E-state index in [2.05, 4.69) is 0 Å². The van der Waals surface area contributed by atoms with Gasteiger partial charge < -0.3 is 9.47 Å². The van der Waals surface area contributed by atoms with Gasteiger partial charge in [0.25, 0.3) is 0 Å². The first-order valence-electron chi connectivity index (χ1n) is 5.18. The van der Waals surface area contributed by atoms with Gasteiger partial charge in [-0.3, -0.25) is 4.79 Å². The normalized spacial score (nSPS) is 9.94. The summed E-state index contributed by atoms with van der Waals surface area (Å²) in [4.78, 5) is 11.0. The lowest BCUT2D eigenvalue weighted by Gasteiger charge is -2.08. The standard InChI is InChI=1S/C12H15ClO3/c1-3-15-12(14)6-7-16-11-5-4-9(2)8-10(11)13/h4-5,8H,3,6-7H2,1-2H3. The molecule has 0 aliphatic rings. The Morgan fingerprint density at radius 1 is 1.44 bits per heavy atom. The molecular formula is C12H15ClO3. The minimum Gasteiger partial charge on any atom is -0.491 e. The monoisotopic (exact) mass is 242 g/mol. The van der Waals surface area contributed by atoms with Crippen LogP contribution >= 0.6 is 11.6 Å². The smallest absolute Gasteiger partial charge is 0.309 e. The van der Waals surface area contributed by atoms with E-state index >= 15 is 0 Å². The fraction of sp³-hybridized carbons (Fsp3) is 0.417. The Hall–Kier alpha value is -1.22. The van der Waals surface area contributed by atoms with Gasteiger partial charge in [0.2, 0.25) is 0 Å². The van der Waals surface area contributed by atoms with Crippen LogP contribution in [0.4, 0.5) is 0 Å². The lowest BCUT2D eigenvalue weighted by atomic mass is 10.2. The van der Waals surface area contributed by atoms with Crippen molar-refractivity contribution in [1.29, 1.82) is 0 Å². The number of benzene rings is 1. The number of hydrogen-bond donors (Lipinski definition) is 0. The maximum absolute atomic E-state index is 11.0. The summed E-state index contributed by atoms with van der Waals surface area (Å²) in [6, 6.07) is 5.52. The minimum atomic E-state index is -0.259. The first-order chi connectivity index (χ1) is 7.63. The lowest BCUT2D eigenvalue weighted by molar-refractivity contribution is -0.143. The van der Waals surface area contributed by atoms with Crippen molar-refractivity contribution < 1.29 is 14.3 Å². The maximum Gasteiger partial charge on any atom is 0.309 e. The van der Waals surface area contributed by atoms with Crippen molar-refractivity contribution in [3.63, 3.8) is 0 Å². The Morgan fingerprint density at radius 3 is 2.81 bits per heavy atom. The molecule has 88 valence electrons. The van der Waals surface area contributed by atoms with Gasteiger partial charge in [0.05, 0.1) is 24.7 Å². The number of halogens is 1. The van der Waals surface area contributed by atoms with Crippen LogP contribution in [0.15, 0.2) is 18.2 Å². The van der Waals surface area contributed by atoms with Crippen LogP contribution in [0.1, 0.15) is 18.9 Å². The van der Waals surface area contributed by atoms with E-state index in [4.69, 9.17) is 21.1 Å². The van der Waals surface area contributed by atoms with E-state index in [1.54, 1.807) is 13.0 Å². The van der Waals surface area contributed by atoms with Crippen LogP contribution in [0, 0.1) is 6.92 Å². The quantitative estimate of drug-likeness (QED) is 0.745. The number of rotatable bonds is 5. The second-order valence-electron chi connectivity index (χ2n) is 3.34. The van der Waals surface area contributed by atoms with Crippen molar-refractivity contribution in [3.05, 3.63) is 28.8 Å². The van der Waals surface area contributed by atoms with Gasteiger partial charge in [-0.25, -0.2) is 0 Å². The van der Waals surface area contributed by atoms with E-state index in [1.807, 2.05) is 19.1 Å². The second-order valence-corrected chi connectivity index (χ2v) is 3.74. The summed E-state index contributed by atoms with van der Waals surface area (Å²) in [6.45, 7) is 4.40. The minimum absolute atomic E-state index is 0.234. The molecule has 0 N–H and O–H groups in total. The molecule has 0 heterocycles. The molecule has 1 aromatic carbocycles. The molecule has 0 saturated heterocycles. The molecule has 1 aromatic rings. The zero-order chi connectivity index (χ0) is 12.0. The zero-order valence-electron chi connectivity index (χ0n) is 9.46. The third kappa shape index (κ3) is 4.11. The van der Waals surface area contributed by atoms with Gasteiger partial charge in [-0.15, -0.1) is 0 Å². The average Bonchev–Trinajstić information content (AvgIpc) is 2.22. The molecule has 0 amide bonds. The molecule has 0 aliphatic carbocycles. The van der Waals surface area contributed by atoms with Crippen LogP contribution < -0.4 is 4.74 Å². The molecule has 0 radical (unpaired) electrons. The molecule has 0 saturated carbocycles. The van der Waals surface area contributed by atoms with Crippen molar-refractivity contribution >= 4 is 17.6 Å². The van der Waals surface area contributed by atoms with E-state index in [-0.39, 0.29) is 19.0 Å². The molecule has 0 aliphatic heterocycles. The van der Waals surface area contributed by atoms with Crippen molar-refractivity contribution in [2.45, 2.75) is 20.3 Å². The number of esters is 1. The Kier molecular flexibility index (Phi) is 5.12. The van der Waals surface area contributed by atoms with Crippen molar-refractivity contribution in [2.75, 3.05) is 13.2 Å².